The molecule has 3 nitrogen and oxygen atoms in total. The highest BCUT2D eigenvalue weighted by atomic mass is 79.9. The summed E-state index contributed by atoms with van der Waals surface area (Å²) in [5, 5.41) is 0. The van der Waals surface area contributed by atoms with Gasteiger partial charge < -0.3 is 10.6 Å². The van der Waals surface area contributed by atoms with Crippen molar-refractivity contribution in [3.05, 3.63) is 22.3 Å². The average Bonchev–Trinajstić information content (AvgIpc) is 2.18. The minimum Gasteiger partial charge on any atom is -0.359 e. The number of nitrogens with zero attached hydrogens (tertiary/aromatic N) is 2. The van der Waals surface area contributed by atoms with E-state index in [1.165, 1.54) is 5.56 Å². The highest BCUT2D eigenvalue weighted by Gasteiger charge is 2.07. The van der Waals surface area contributed by atoms with Gasteiger partial charge in [-0.2, -0.15) is 0 Å². The molecule has 0 radical (unpaired) electrons. The number of hydrogen-bond donors (Lipinski definition) is 1. The van der Waals surface area contributed by atoms with Crippen molar-refractivity contribution in [2.24, 2.45) is 5.73 Å². The summed E-state index contributed by atoms with van der Waals surface area (Å²) in [7, 11) is 2.03. The first kappa shape index (κ1) is 11.5. The second-order valence-corrected chi connectivity index (χ2v) is 4.12. The molecule has 0 fully saturated rings. The molecular weight excluding hydrogens is 242 g/mol. The molecule has 1 rings (SSSR count). The van der Waals surface area contributed by atoms with Gasteiger partial charge in [0.05, 0.1) is 4.47 Å². The Kier molecular flexibility index (Phi) is 4.35. The van der Waals surface area contributed by atoms with Gasteiger partial charge in [0, 0.05) is 19.8 Å². The Morgan fingerprint density at radius 1 is 1.57 bits per heavy atom. The molecule has 0 aliphatic carbocycles. The standard InChI is InChI=1S/C10H16BrN3/c1-8-4-6-13-10(9(8)11)14(2)7-3-5-12/h4,6H,3,5,7,12H2,1-2H3. The van der Waals surface area contributed by atoms with E-state index < -0.39 is 0 Å². The molecule has 0 unspecified atom stereocenters. The van der Waals surface area contributed by atoms with Crippen LogP contribution in [0.2, 0.25) is 0 Å². The van der Waals surface area contributed by atoms with Gasteiger partial charge in [-0.15, -0.1) is 0 Å². The molecule has 4 heteroatoms. The SMILES string of the molecule is Cc1ccnc(N(C)CCCN)c1Br. The summed E-state index contributed by atoms with van der Waals surface area (Å²) < 4.78 is 1.07. The lowest BCUT2D eigenvalue weighted by Gasteiger charge is -2.19. The molecule has 0 aliphatic rings. The molecule has 0 saturated carbocycles. The Morgan fingerprint density at radius 3 is 2.93 bits per heavy atom. The third-order valence-corrected chi connectivity index (χ3v) is 3.10. The van der Waals surface area contributed by atoms with E-state index in [1.807, 2.05) is 19.3 Å². The Labute approximate surface area is 93.4 Å². The van der Waals surface area contributed by atoms with E-state index in [0.717, 1.165) is 23.3 Å². The van der Waals surface area contributed by atoms with Crippen molar-refractivity contribution >= 4 is 21.7 Å². The van der Waals surface area contributed by atoms with Gasteiger partial charge in [0.2, 0.25) is 0 Å². The van der Waals surface area contributed by atoms with Crippen LogP contribution in [0.1, 0.15) is 12.0 Å². The number of anilines is 1. The van der Waals surface area contributed by atoms with Crippen molar-refractivity contribution in [3.63, 3.8) is 0 Å². The van der Waals surface area contributed by atoms with Crippen molar-refractivity contribution in [2.75, 3.05) is 25.0 Å². The van der Waals surface area contributed by atoms with E-state index in [1.54, 1.807) is 0 Å². The van der Waals surface area contributed by atoms with E-state index in [-0.39, 0.29) is 0 Å². The molecule has 0 atom stereocenters. The Morgan fingerprint density at radius 2 is 2.29 bits per heavy atom. The summed E-state index contributed by atoms with van der Waals surface area (Å²) in [6.07, 6.45) is 2.81. The highest BCUT2D eigenvalue weighted by molar-refractivity contribution is 9.10. The van der Waals surface area contributed by atoms with E-state index in [2.05, 4.69) is 32.7 Å². The number of aromatic nitrogens is 1. The fourth-order valence-electron chi connectivity index (χ4n) is 1.23. The van der Waals surface area contributed by atoms with Crippen LogP contribution in [-0.2, 0) is 0 Å². The van der Waals surface area contributed by atoms with Gasteiger partial charge in [-0.1, -0.05) is 0 Å². The first-order chi connectivity index (χ1) is 6.66. The fourth-order valence-corrected chi connectivity index (χ4v) is 1.76. The maximum absolute atomic E-state index is 5.46. The summed E-state index contributed by atoms with van der Waals surface area (Å²) in [5.41, 5.74) is 6.67. The van der Waals surface area contributed by atoms with Gasteiger partial charge in [-0.25, -0.2) is 4.98 Å². The maximum atomic E-state index is 5.46. The molecule has 0 amide bonds. The monoisotopic (exact) mass is 257 g/mol. The molecule has 0 aromatic carbocycles. The first-order valence-corrected chi connectivity index (χ1v) is 5.48. The lowest BCUT2D eigenvalue weighted by atomic mass is 10.3. The van der Waals surface area contributed by atoms with Crippen LogP contribution < -0.4 is 10.6 Å². The lowest BCUT2D eigenvalue weighted by Crippen LogP contribution is -2.22. The Bertz CT molecular complexity index is 301. The Hall–Kier alpha value is -0.610. The summed E-state index contributed by atoms with van der Waals surface area (Å²) >= 11 is 3.54. The zero-order chi connectivity index (χ0) is 10.6. The van der Waals surface area contributed by atoms with Crippen LogP contribution in [0.15, 0.2) is 16.7 Å². The minimum absolute atomic E-state index is 0.716. The molecule has 1 aromatic heterocycles. The van der Waals surface area contributed by atoms with Gasteiger partial charge in [-0.3, -0.25) is 0 Å². The van der Waals surface area contributed by atoms with E-state index in [0.29, 0.717) is 6.54 Å². The van der Waals surface area contributed by atoms with E-state index >= 15 is 0 Å². The third-order valence-electron chi connectivity index (χ3n) is 2.12. The number of nitrogens with two attached hydrogens (primary N) is 1. The van der Waals surface area contributed by atoms with Gasteiger partial charge >= 0.3 is 0 Å². The summed E-state index contributed by atoms with van der Waals surface area (Å²) in [5.74, 6) is 0.985. The molecule has 2 N–H and O–H groups in total. The second-order valence-electron chi connectivity index (χ2n) is 3.33. The zero-order valence-electron chi connectivity index (χ0n) is 8.63. The largest absolute Gasteiger partial charge is 0.359 e. The van der Waals surface area contributed by atoms with Gasteiger partial charge in [0.15, 0.2) is 0 Å². The van der Waals surface area contributed by atoms with Crippen molar-refractivity contribution in [1.82, 2.24) is 4.98 Å². The average molecular weight is 258 g/mol. The fraction of sp³-hybridized carbons (Fsp3) is 0.500. The van der Waals surface area contributed by atoms with Gasteiger partial charge in [0.1, 0.15) is 5.82 Å². The van der Waals surface area contributed by atoms with Crippen LogP contribution in [0.4, 0.5) is 5.82 Å². The minimum atomic E-state index is 0.716. The Balaban J connectivity index is 2.79. The van der Waals surface area contributed by atoms with Crippen LogP contribution in [-0.4, -0.2) is 25.1 Å². The molecule has 0 bridgehead atoms. The zero-order valence-corrected chi connectivity index (χ0v) is 10.2. The molecule has 78 valence electrons. The highest BCUT2D eigenvalue weighted by Crippen LogP contribution is 2.25. The molecule has 0 aliphatic heterocycles. The number of hydrogen-bond acceptors (Lipinski definition) is 3. The van der Waals surface area contributed by atoms with Crippen molar-refractivity contribution in [2.45, 2.75) is 13.3 Å². The predicted octanol–water partition coefficient (Wildman–Crippen LogP) is 1.94. The molecule has 14 heavy (non-hydrogen) atoms. The number of rotatable bonds is 4. The van der Waals surface area contributed by atoms with Crippen LogP contribution >= 0.6 is 15.9 Å². The molecule has 1 aromatic rings. The predicted molar refractivity (Wildman–Crippen MR) is 63.6 cm³/mol. The number of halogens is 1. The molecular formula is C10H16BrN3. The van der Waals surface area contributed by atoms with Crippen molar-refractivity contribution in [3.8, 4) is 0 Å². The maximum Gasteiger partial charge on any atom is 0.142 e. The summed E-state index contributed by atoms with van der Waals surface area (Å²) in [6, 6.07) is 1.99. The second kappa shape index (κ2) is 5.32. The van der Waals surface area contributed by atoms with E-state index in [9.17, 15) is 0 Å². The van der Waals surface area contributed by atoms with Crippen LogP contribution in [0.5, 0.6) is 0 Å². The summed E-state index contributed by atoms with van der Waals surface area (Å²) in [4.78, 5) is 6.45. The molecule has 0 saturated heterocycles. The molecule has 0 spiro atoms. The lowest BCUT2D eigenvalue weighted by molar-refractivity contribution is 0.785. The third kappa shape index (κ3) is 2.69. The first-order valence-electron chi connectivity index (χ1n) is 4.69. The topological polar surface area (TPSA) is 42.2 Å². The normalized spacial score (nSPS) is 10.3. The quantitative estimate of drug-likeness (QED) is 0.897. The van der Waals surface area contributed by atoms with Crippen LogP contribution in [0.3, 0.4) is 0 Å². The van der Waals surface area contributed by atoms with E-state index in [4.69, 9.17) is 5.73 Å². The van der Waals surface area contributed by atoms with Crippen LogP contribution in [0, 0.1) is 6.92 Å². The number of pyridine rings is 1. The van der Waals surface area contributed by atoms with Crippen molar-refractivity contribution < 1.29 is 0 Å². The van der Waals surface area contributed by atoms with Gasteiger partial charge in [0.25, 0.3) is 0 Å². The summed E-state index contributed by atoms with van der Waals surface area (Å²) in [6.45, 7) is 3.71. The number of aryl methyl sites for hydroxylation is 1. The van der Waals surface area contributed by atoms with Gasteiger partial charge in [-0.05, 0) is 47.4 Å². The van der Waals surface area contributed by atoms with Crippen molar-refractivity contribution in [1.29, 1.82) is 0 Å². The molecule has 1 heterocycles. The smallest absolute Gasteiger partial charge is 0.142 e. The van der Waals surface area contributed by atoms with Crippen LogP contribution in [0.25, 0.3) is 0 Å².